The molecule has 1 fully saturated rings. The Labute approximate surface area is 187 Å². The van der Waals surface area contributed by atoms with Crippen molar-refractivity contribution in [1.82, 2.24) is 14.8 Å². The number of para-hydroxylation sites is 1. The molecule has 1 aliphatic heterocycles. The third-order valence-corrected chi connectivity index (χ3v) is 6.54. The molecular weight excluding hydrogens is 410 g/mol. The topological polar surface area (TPSA) is 54.9 Å². The van der Waals surface area contributed by atoms with Gasteiger partial charge < -0.3 is 14.4 Å². The summed E-state index contributed by atoms with van der Waals surface area (Å²) >= 11 is 1.75. The van der Waals surface area contributed by atoms with E-state index in [0.29, 0.717) is 36.8 Å². The Morgan fingerprint density at radius 3 is 2.65 bits per heavy atom. The minimum absolute atomic E-state index is 0.0399. The molecule has 1 amide bonds. The lowest BCUT2D eigenvalue weighted by Crippen LogP contribution is -2.48. The minimum atomic E-state index is 0.0399. The highest BCUT2D eigenvalue weighted by atomic mass is 32.1. The fourth-order valence-electron chi connectivity index (χ4n) is 3.72. The van der Waals surface area contributed by atoms with Gasteiger partial charge in [-0.05, 0) is 36.8 Å². The lowest BCUT2D eigenvalue weighted by atomic mass is 10.1. The van der Waals surface area contributed by atoms with Crippen LogP contribution in [-0.2, 0) is 6.54 Å². The van der Waals surface area contributed by atoms with Gasteiger partial charge in [-0.15, -0.1) is 11.3 Å². The third kappa shape index (κ3) is 5.17. The molecule has 0 atom stereocenters. The Morgan fingerprint density at radius 1 is 1.10 bits per heavy atom. The minimum Gasteiger partial charge on any atom is -0.493 e. The molecule has 0 saturated carbocycles. The average Bonchev–Trinajstić information content (AvgIpc) is 3.21. The van der Waals surface area contributed by atoms with Gasteiger partial charge in [0.1, 0.15) is 5.01 Å². The number of benzene rings is 2. The highest BCUT2D eigenvalue weighted by Gasteiger charge is 2.23. The number of unbranched alkanes of at least 4 members (excludes halogenated alkanes) is 1. The standard InChI is InChI=1S/C24H29N3O3S/c1-3-4-15-30-20-10-9-18(16-21(20)29-2)24(28)27-13-11-26(12-14-27)17-23-25-19-7-5-6-8-22(19)31-23/h5-10,16H,3-4,11-15,17H2,1-2H3. The first-order valence-electron chi connectivity index (χ1n) is 10.8. The zero-order valence-electron chi connectivity index (χ0n) is 18.2. The van der Waals surface area contributed by atoms with Crippen LogP contribution in [0.2, 0.25) is 0 Å². The van der Waals surface area contributed by atoms with Gasteiger partial charge in [-0.25, -0.2) is 4.98 Å². The monoisotopic (exact) mass is 439 g/mol. The van der Waals surface area contributed by atoms with Crippen molar-refractivity contribution >= 4 is 27.5 Å². The number of fused-ring (bicyclic) bond motifs is 1. The van der Waals surface area contributed by atoms with Gasteiger partial charge >= 0.3 is 0 Å². The molecule has 2 heterocycles. The molecule has 1 aromatic heterocycles. The molecule has 6 nitrogen and oxygen atoms in total. The molecule has 164 valence electrons. The fourth-order valence-corrected chi connectivity index (χ4v) is 4.73. The lowest BCUT2D eigenvalue weighted by Gasteiger charge is -2.34. The van der Waals surface area contributed by atoms with E-state index in [-0.39, 0.29) is 5.91 Å². The molecule has 0 radical (unpaired) electrons. The van der Waals surface area contributed by atoms with Gasteiger partial charge in [-0.2, -0.15) is 0 Å². The quantitative estimate of drug-likeness (QED) is 0.486. The molecule has 0 aliphatic carbocycles. The molecule has 3 aromatic rings. The summed E-state index contributed by atoms with van der Waals surface area (Å²) in [6.45, 7) is 6.71. The van der Waals surface area contributed by atoms with E-state index in [1.807, 2.05) is 29.2 Å². The Balaban J connectivity index is 1.34. The predicted molar refractivity (Wildman–Crippen MR) is 124 cm³/mol. The molecule has 0 spiro atoms. The highest BCUT2D eigenvalue weighted by Crippen LogP contribution is 2.29. The Bertz CT molecular complexity index is 995. The second-order valence-corrected chi connectivity index (χ2v) is 8.83. The number of hydrogen-bond acceptors (Lipinski definition) is 6. The molecule has 4 rings (SSSR count). The molecule has 1 saturated heterocycles. The van der Waals surface area contributed by atoms with Gasteiger partial charge in [0.15, 0.2) is 11.5 Å². The van der Waals surface area contributed by atoms with Gasteiger partial charge in [0.25, 0.3) is 5.91 Å². The van der Waals surface area contributed by atoms with Crippen molar-refractivity contribution < 1.29 is 14.3 Å². The van der Waals surface area contributed by atoms with Gasteiger partial charge in [0.05, 0.1) is 30.5 Å². The van der Waals surface area contributed by atoms with Crippen LogP contribution in [0.4, 0.5) is 0 Å². The number of amides is 1. The number of methoxy groups -OCH3 is 1. The van der Waals surface area contributed by atoms with Crippen LogP contribution in [0.1, 0.15) is 35.1 Å². The number of hydrogen-bond donors (Lipinski definition) is 0. The molecule has 0 unspecified atom stereocenters. The van der Waals surface area contributed by atoms with Crippen molar-refractivity contribution in [2.24, 2.45) is 0 Å². The van der Waals surface area contributed by atoms with E-state index >= 15 is 0 Å². The van der Waals surface area contributed by atoms with Gasteiger partial charge in [0, 0.05) is 31.7 Å². The van der Waals surface area contributed by atoms with Crippen molar-refractivity contribution in [3.05, 3.63) is 53.0 Å². The van der Waals surface area contributed by atoms with Crippen LogP contribution in [0.25, 0.3) is 10.2 Å². The maximum absolute atomic E-state index is 13.0. The summed E-state index contributed by atoms with van der Waals surface area (Å²) in [5.74, 6) is 1.34. The fraction of sp³-hybridized carbons (Fsp3) is 0.417. The number of ether oxygens (including phenoxy) is 2. The lowest BCUT2D eigenvalue weighted by molar-refractivity contribution is 0.0628. The third-order valence-electron chi connectivity index (χ3n) is 5.52. The van der Waals surface area contributed by atoms with Crippen LogP contribution >= 0.6 is 11.3 Å². The first-order chi connectivity index (χ1) is 15.2. The van der Waals surface area contributed by atoms with E-state index in [1.165, 1.54) is 4.70 Å². The van der Waals surface area contributed by atoms with E-state index < -0.39 is 0 Å². The summed E-state index contributed by atoms with van der Waals surface area (Å²) in [5.41, 5.74) is 1.70. The SMILES string of the molecule is CCCCOc1ccc(C(=O)N2CCN(Cc3nc4ccccc4s3)CC2)cc1OC. The number of carbonyl (C=O) groups excluding carboxylic acids is 1. The van der Waals surface area contributed by atoms with Crippen molar-refractivity contribution in [2.75, 3.05) is 39.9 Å². The summed E-state index contributed by atoms with van der Waals surface area (Å²) in [6.07, 6.45) is 2.06. The number of nitrogens with zero attached hydrogens (tertiary/aromatic N) is 3. The number of piperazine rings is 1. The summed E-state index contributed by atoms with van der Waals surface area (Å²) in [4.78, 5) is 22.0. The molecule has 0 bridgehead atoms. The number of aromatic nitrogens is 1. The van der Waals surface area contributed by atoms with Crippen molar-refractivity contribution in [3.8, 4) is 11.5 Å². The molecule has 0 N–H and O–H groups in total. The van der Waals surface area contributed by atoms with E-state index in [4.69, 9.17) is 14.5 Å². The maximum Gasteiger partial charge on any atom is 0.254 e. The molecule has 31 heavy (non-hydrogen) atoms. The first-order valence-corrected chi connectivity index (χ1v) is 11.7. The smallest absolute Gasteiger partial charge is 0.254 e. The number of rotatable bonds is 8. The summed E-state index contributed by atoms with van der Waals surface area (Å²) in [6, 6.07) is 13.7. The van der Waals surface area contributed by atoms with E-state index in [2.05, 4.69) is 24.0 Å². The summed E-state index contributed by atoms with van der Waals surface area (Å²) in [5, 5.41) is 1.13. The average molecular weight is 440 g/mol. The van der Waals surface area contributed by atoms with E-state index in [1.54, 1.807) is 24.5 Å². The molecule has 2 aromatic carbocycles. The van der Waals surface area contributed by atoms with Crippen molar-refractivity contribution in [3.63, 3.8) is 0 Å². The Kier molecular flexibility index (Phi) is 7.04. The van der Waals surface area contributed by atoms with Crippen LogP contribution in [0.5, 0.6) is 11.5 Å². The molecule has 1 aliphatic rings. The second-order valence-electron chi connectivity index (χ2n) is 7.71. The van der Waals surface area contributed by atoms with Crippen molar-refractivity contribution in [2.45, 2.75) is 26.3 Å². The van der Waals surface area contributed by atoms with Gasteiger partial charge in [-0.1, -0.05) is 25.5 Å². The van der Waals surface area contributed by atoms with Crippen LogP contribution in [-0.4, -0.2) is 60.6 Å². The first kappa shape index (κ1) is 21.6. The van der Waals surface area contributed by atoms with Gasteiger partial charge in [0.2, 0.25) is 0 Å². The maximum atomic E-state index is 13.0. The normalized spacial score (nSPS) is 14.7. The molecular formula is C24H29N3O3S. The van der Waals surface area contributed by atoms with Crippen LogP contribution in [0.3, 0.4) is 0 Å². The predicted octanol–water partition coefficient (Wildman–Crippen LogP) is 4.44. The second kappa shape index (κ2) is 10.1. The Hall–Kier alpha value is -2.64. The zero-order chi connectivity index (χ0) is 21.6. The zero-order valence-corrected chi connectivity index (χ0v) is 19.0. The van der Waals surface area contributed by atoms with E-state index in [9.17, 15) is 4.79 Å². The van der Waals surface area contributed by atoms with Crippen LogP contribution in [0.15, 0.2) is 42.5 Å². The summed E-state index contributed by atoms with van der Waals surface area (Å²) < 4.78 is 12.5. The number of carbonyl (C=O) groups is 1. The van der Waals surface area contributed by atoms with E-state index in [0.717, 1.165) is 43.0 Å². The summed E-state index contributed by atoms with van der Waals surface area (Å²) in [7, 11) is 1.61. The largest absolute Gasteiger partial charge is 0.493 e. The highest BCUT2D eigenvalue weighted by molar-refractivity contribution is 7.18. The molecule has 7 heteroatoms. The number of thiazole rings is 1. The van der Waals surface area contributed by atoms with Gasteiger partial charge in [-0.3, -0.25) is 9.69 Å². The van der Waals surface area contributed by atoms with Crippen LogP contribution in [0, 0.1) is 0 Å². The van der Waals surface area contributed by atoms with Crippen molar-refractivity contribution in [1.29, 1.82) is 0 Å². The van der Waals surface area contributed by atoms with Crippen LogP contribution < -0.4 is 9.47 Å². The Morgan fingerprint density at radius 2 is 1.90 bits per heavy atom.